The van der Waals surface area contributed by atoms with E-state index in [9.17, 15) is 4.39 Å². The lowest BCUT2D eigenvalue weighted by atomic mass is 9.82. The van der Waals surface area contributed by atoms with E-state index < -0.39 is 0 Å². The molecule has 0 amide bonds. The van der Waals surface area contributed by atoms with Gasteiger partial charge in [-0.15, -0.1) is 0 Å². The predicted octanol–water partition coefficient (Wildman–Crippen LogP) is 4.40. The molecule has 1 aliphatic carbocycles. The van der Waals surface area contributed by atoms with Gasteiger partial charge in [0.2, 0.25) is 0 Å². The molecule has 2 atom stereocenters. The Morgan fingerprint density at radius 2 is 2.22 bits per heavy atom. The molecule has 2 unspecified atom stereocenters. The Morgan fingerprint density at radius 1 is 1.39 bits per heavy atom. The van der Waals surface area contributed by atoms with Crippen LogP contribution in [-0.2, 0) is 6.54 Å². The fourth-order valence-electron chi connectivity index (χ4n) is 2.83. The summed E-state index contributed by atoms with van der Waals surface area (Å²) < 4.78 is 13.5. The molecular weight excluding hydrogens is 249 g/mol. The van der Waals surface area contributed by atoms with Gasteiger partial charge in [0.1, 0.15) is 5.82 Å². The minimum Gasteiger partial charge on any atom is -0.312 e. The second-order valence-electron chi connectivity index (χ2n) is 5.50. The van der Waals surface area contributed by atoms with Crippen LogP contribution in [0.15, 0.2) is 18.2 Å². The monoisotopic (exact) mass is 269 g/mol. The largest absolute Gasteiger partial charge is 0.312 e. The van der Waals surface area contributed by atoms with Crippen molar-refractivity contribution in [2.75, 3.05) is 6.54 Å². The molecule has 2 rings (SSSR count). The highest BCUT2D eigenvalue weighted by Crippen LogP contribution is 2.28. The number of halogens is 2. The van der Waals surface area contributed by atoms with E-state index in [-0.39, 0.29) is 5.82 Å². The van der Waals surface area contributed by atoms with Crippen LogP contribution in [0.5, 0.6) is 0 Å². The van der Waals surface area contributed by atoms with Crippen molar-refractivity contribution >= 4 is 11.6 Å². The van der Waals surface area contributed by atoms with Crippen LogP contribution < -0.4 is 5.32 Å². The lowest BCUT2D eigenvalue weighted by Crippen LogP contribution is -2.26. The van der Waals surface area contributed by atoms with Crippen LogP contribution in [0, 0.1) is 17.7 Å². The molecule has 100 valence electrons. The lowest BCUT2D eigenvalue weighted by Gasteiger charge is -2.26. The zero-order chi connectivity index (χ0) is 13.0. The van der Waals surface area contributed by atoms with Gasteiger partial charge in [0.05, 0.1) is 0 Å². The van der Waals surface area contributed by atoms with Gasteiger partial charge in [-0.05, 0) is 49.4 Å². The van der Waals surface area contributed by atoms with Gasteiger partial charge in [-0.1, -0.05) is 31.4 Å². The predicted molar refractivity (Wildman–Crippen MR) is 74.2 cm³/mol. The molecule has 3 heteroatoms. The van der Waals surface area contributed by atoms with E-state index in [1.54, 1.807) is 12.1 Å². The minimum atomic E-state index is -0.177. The van der Waals surface area contributed by atoms with Crippen LogP contribution >= 0.6 is 11.6 Å². The summed E-state index contributed by atoms with van der Waals surface area (Å²) in [7, 11) is 0. The Hall–Kier alpha value is -0.600. The second kappa shape index (κ2) is 6.53. The number of nitrogens with one attached hydrogen (secondary N) is 1. The molecule has 1 N–H and O–H groups in total. The van der Waals surface area contributed by atoms with Crippen molar-refractivity contribution in [3.05, 3.63) is 34.6 Å². The maximum atomic E-state index is 13.5. The van der Waals surface area contributed by atoms with Gasteiger partial charge in [-0.3, -0.25) is 0 Å². The number of hydrogen-bond donors (Lipinski definition) is 1. The van der Waals surface area contributed by atoms with Crippen molar-refractivity contribution in [3.63, 3.8) is 0 Å². The third kappa shape index (κ3) is 3.96. The molecule has 1 aromatic carbocycles. The molecular formula is C15H21ClFN. The van der Waals surface area contributed by atoms with Gasteiger partial charge in [0, 0.05) is 17.1 Å². The van der Waals surface area contributed by atoms with E-state index in [0.29, 0.717) is 17.1 Å². The van der Waals surface area contributed by atoms with Crippen LogP contribution in [-0.4, -0.2) is 6.54 Å². The highest BCUT2D eigenvalue weighted by Gasteiger charge is 2.18. The fraction of sp³-hybridized carbons (Fsp3) is 0.600. The third-order valence-electron chi connectivity index (χ3n) is 3.80. The highest BCUT2D eigenvalue weighted by atomic mass is 35.5. The van der Waals surface area contributed by atoms with Crippen molar-refractivity contribution in [3.8, 4) is 0 Å². The fourth-order valence-corrected chi connectivity index (χ4v) is 3.03. The van der Waals surface area contributed by atoms with Crippen LogP contribution in [0.1, 0.15) is 38.2 Å². The standard InChI is InChI=1S/C15H21ClFN/c1-11-3-2-4-12(7-11)9-18-10-13-8-14(16)5-6-15(13)17/h5-6,8,11-12,18H,2-4,7,9-10H2,1H3. The molecule has 0 heterocycles. The topological polar surface area (TPSA) is 12.0 Å². The van der Waals surface area contributed by atoms with Crippen molar-refractivity contribution < 1.29 is 4.39 Å². The van der Waals surface area contributed by atoms with Crippen molar-refractivity contribution in [1.29, 1.82) is 0 Å². The van der Waals surface area contributed by atoms with E-state index in [2.05, 4.69) is 12.2 Å². The van der Waals surface area contributed by atoms with Crippen molar-refractivity contribution in [1.82, 2.24) is 5.32 Å². The van der Waals surface area contributed by atoms with E-state index in [1.807, 2.05) is 0 Å². The second-order valence-corrected chi connectivity index (χ2v) is 5.94. The third-order valence-corrected chi connectivity index (χ3v) is 4.04. The summed E-state index contributed by atoms with van der Waals surface area (Å²) in [5, 5.41) is 3.96. The number of benzene rings is 1. The Bertz CT molecular complexity index is 394. The van der Waals surface area contributed by atoms with Crippen LogP contribution in [0.25, 0.3) is 0 Å². The maximum Gasteiger partial charge on any atom is 0.127 e. The quantitative estimate of drug-likeness (QED) is 0.855. The normalized spacial score (nSPS) is 24.2. The summed E-state index contributed by atoms with van der Waals surface area (Å²) >= 11 is 5.87. The van der Waals surface area contributed by atoms with E-state index in [0.717, 1.165) is 18.4 Å². The maximum absolute atomic E-state index is 13.5. The molecule has 1 fully saturated rings. The first-order chi connectivity index (χ1) is 8.65. The molecule has 0 spiro atoms. The summed E-state index contributed by atoms with van der Waals surface area (Å²) in [5.74, 6) is 1.41. The highest BCUT2D eigenvalue weighted by molar-refractivity contribution is 6.30. The zero-order valence-corrected chi connectivity index (χ0v) is 11.6. The van der Waals surface area contributed by atoms with Gasteiger partial charge in [-0.25, -0.2) is 4.39 Å². The molecule has 1 nitrogen and oxygen atoms in total. The minimum absolute atomic E-state index is 0.177. The van der Waals surface area contributed by atoms with Crippen LogP contribution in [0.4, 0.5) is 4.39 Å². The molecule has 0 radical (unpaired) electrons. The SMILES string of the molecule is CC1CCCC(CNCc2cc(Cl)ccc2F)C1. The number of hydrogen-bond acceptors (Lipinski definition) is 1. The summed E-state index contributed by atoms with van der Waals surface area (Å²) in [5.41, 5.74) is 0.659. The summed E-state index contributed by atoms with van der Waals surface area (Å²) in [6, 6.07) is 4.72. The lowest BCUT2D eigenvalue weighted by molar-refractivity contribution is 0.274. The molecule has 1 aliphatic rings. The Labute approximate surface area is 114 Å². The van der Waals surface area contributed by atoms with Gasteiger partial charge < -0.3 is 5.32 Å². The van der Waals surface area contributed by atoms with Crippen molar-refractivity contribution in [2.45, 2.75) is 39.2 Å². The summed E-state index contributed by atoms with van der Waals surface area (Å²) in [6.45, 7) is 3.87. The molecule has 1 saturated carbocycles. The average Bonchev–Trinajstić information content (AvgIpc) is 2.34. The van der Waals surface area contributed by atoms with Gasteiger partial charge >= 0.3 is 0 Å². The van der Waals surface area contributed by atoms with E-state index in [1.165, 1.54) is 31.7 Å². The van der Waals surface area contributed by atoms with Crippen LogP contribution in [0.2, 0.25) is 5.02 Å². The Balaban J connectivity index is 1.79. The summed E-state index contributed by atoms with van der Waals surface area (Å²) in [4.78, 5) is 0. The molecule has 1 aromatic rings. The summed E-state index contributed by atoms with van der Waals surface area (Å²) in [6.07, 6.45) is 5.29. The van der Waals surface area contributed by atoms with E-state index in [4.69, 9.17) is 11.6 Å². The smallest absolute Gasteiger partial charge is 0.127 e. The number of rotatable bonds is 4. The van der Waals surface area contributed by atoms with E-state index >= 15 is 0 Å². The first-order valence-electron chi connectivity index (χ1n) is 6.80. The molecule has 0 aliphatic heterocycles. The zero-order valence-electron chi connectivity index (χ0n) is 10.9. The van der Waals surface area contributed by atoms with Crippen molar-refractivity contribution in [2.24, 2.45) is 11.8 Å². The van der Waals surface area contributed by atoms with Gasteiger partial charge in [0.25, 0.3) is 0 Å². The first kappa shape index (κ1) is 13.8. The van der Waals surface area contributed by atoms with Gasteiger partial charge in [0.15, 0.2) is 0 Å². The molecule has 0 aromatic heterocycles. The average molecular weight is 270 g/mol. The van der Waals surface area contributed by atoms with Crippen LogP contribution in [0.3, 0.4) is 0 Å². The first-order valence-corrected chi connectivity index (χ1v) is 7.17. The Kier molecular flexibility index (Phi) is 5.02. The Morgan fingerprint density at radius 3 is 3.00 bits per heavy atom. The molecule has 0 saturated heterocycles. The van der Waals surface area contributed by atoms with Gasteiger partial charge in [-0.2, -0.15) is 0 Å². The molecule has 0 bridgehead atoms. The molecule has 18 heavy (non-hydrogen) atoms.